The quantitative estimate of drug-likeness (QED) is 0.245. The number of benzene rings is 4. The van der Waals surface area contributed by atoms with Gasteiger partial charge in [0.1, 0.15) is 0 Å². The molecule has 0 N–H and O–H groups in total. The third kappa shape index (κ3) is 3.94. The molecule has 0 amide bonds. The highest BCUT2D eigenvalue weighted by Crippen LogP contribution is 2.58. The van der Waals surface area contributed by atoms with Gasteiger partial charge in [-0.05, 0) is 51.2 Å². The van der Waals surface area contributed by atoms with Crippen LogP contribution in [0.2, 0.25) is 0 Å². The van der Waals surface area contributed by atoms with Crippen LogP contribution in [0.25, 0.3) is 27.2 Å². The fourth-order valence-corrected chi connectivity index (χ4v) is 7.19. The Hall–Kier alpha value is -3.33. The van der Waals surface area contributed by atoms with Crippen molar-refractivity contribution in [1.82, 2.24) is 0 Å². The van der Waals surface area contributed by atoms with Crippen LogP contribution in [-0.2, 0) is 4.75 Å². The maximum Gasteiger partial charge on any atom is 0.0831 e. The van der Waals surface area contributed by atoms with Gasteiger partial charge in [-0.2, -0.15) is 0 Å². The van der Waals surface area contributed by atoms with E-state index in [1.54, 1.807) is 0 Å². The Kier molecular flexibility index (Phi) is 5.70. The molecule has 0 radical (unpaired) electrons. The van der Waals surface area contributed by atoms with Gasteiger partial charge in [0, 0.05) is 9.78 Å². The maximum absolute atomic E-state index is 2.42. The zero-order valence-corrected chi connectivity index (χ0v) is 20.4. The molecule has 1 aliphatic rings. The van der Waals surface area contributed by atoms with Crippen LogP contribution in [-0.4, -0.2) is 0 Å². The Labute approximate surface area is 209 Å². The van der Waals surface area contributed by atoms with Gasteiger partial charge in [0.05, 0.1) is 4.75 Å². The highest BCUT2D eigenvalue weighted by Gasteiger charge is 2.40. The molecule has 164 valence electrons. The Morgan fingerprint density at radius 2 is 1.03 bits per heavy atom. The molecule has 1 unspecified atom stereocenters. The number of allylic oxidation sites excluding steroid dienone is 1. The molecule has 6 rings (SSSR count). The Bertz CT molecular complexity index is 1400. The average molecular weight is 473 g/mol. The molecule has 5 aromatic rings. The second kappa shape index (κ2) is 9.13. The van der Waals surface area contributed by atoms with Gasteiger partial charge in [0.2, 0.25) is 0 Å². The molecule has 0 aliphatic carbocycles. The smallest absolute Gasteiger partial charge is 0.0831 e. The van der Waals surface area contributed by atoms with Crippen molar-refractivity contribution in [2.45, 2.75) is 11.2 Å². The van der Waals surface area contributed by atoms with Crippen LogP contribution >= 0.6 is 23.1 Å². The van der Waals surface area contributed by atoms with E-state index in [1.807, 2.05) is 23.1 Å². The summed E-state index contributed by atoms with van der Waals surface area (Å²) in [6.07, 6.45) is 3.42. The highest BCUT2D eigenvalue weighted by molar-refractivity contribution is 8.09. The van der Waals surface area contributed by atoms with Crippen molar-refractivity contribution in [1.29, 1.82) is 0 Å². The van der Waals surface area contributed by atoms with E-state index in [9.17, 15) is 0 Å². The van der Waals surface area contributed by atoms with Gasteiger partial charge in [0.15, 0.2) is 0 Å². The fourth-order valence-electron chi connectivity index (χ4n) is 4.68. The largest absolute Gasteiger partial charge is 0.147 e. The first kappa shape index (κ1) is 21.2. The van der Waals surface area contributed by atoms with E-state index in [1.165, 1.54) is 43.2 Å². The number of thiophene rings is 1. The third-order valence-electron chi connectivity index (χ3n) is 6.51. The van der Waals surface area contributed by atoms with Gasteiger partial charge < -0.3 is 0 Å². The molecule has 0 nitrogen and oxygen atoms in total. The minimum Gasteiger partial charge on any atom is -0.147 e. The van der Waals surface area contributed by atoms with Crippen molar-refractivity contribution in [2.24, 2.45) is 0 Å². The lowest BCUT2D eigenvalue weighted by atomic mass is 9.91. The van der Waals surface area contributed by atoms with Crippen LogP contribution in [0.5, 0.6) is 0 Å². The predicted octanol–water partition coefficient (Wildman–Crippen LogP) is 9.50. The zero-order valence-electron chi connectivity index (χ0n) is 18.7. The van der Waals surface area contributed by atoms with Crippen molar-refractivity contribution in [3.63, 3.8) is 0 Å². The Morgan fingerprint density at radius 1 is 0.500 bits per heavy atom. The SMILES string of the molecule is C1=C(c2ccc(-c3ccccc3)cc2)SC(c2ccc(-c3ccccc3)cc2)(c2cccs2)C1. The molecule has 0 spiro atoms. The van der Waals surface area contributed by atoms with Crippen molar-refractivity contribution in [3.8, 4) is 22.3 Å². The van der Waals surface area contributed by atoms with Gasteiger partial charge >= 0.3 is 0 Å². The lowest BCUT2D eigenvalue weighted by Crippen LogP contribution is -2.19. The molecule has 2 heteroatoms. The van der Waals surface area contributed by atoms with Crippen LogP contribution in [0.4, 0.5) is 0 Å². The molecular weight excluding hydrogens is 448 g/mol. The summed E-state index contributed by atoms with van der Waals surface area (Å²) < 4.78 is -0.0726. The molecule has 4 aromatic carbocycles. The van der Waals surface area contributed by atoms with Crippen LogP contribution in [0.15, 0.2) is 133 Å². The highest BCUT2D eigenvalue weighted by atomic mass is 32.2. The molecular formula is C32H24S2. The molecule has 1 aliphatic heterocycles. The number of hydrogen-bond donors (Lipinski definition) is 0. The van der Waals surface area contributed by atoms with E-state index in [0.717, 1.165) is 6.42 Å². The summed E-state index contributed by atoms with van der Waals surface area (Å²) in [6.45, 7) is 0. The average Bonchev–Trinajstić information content (AvgIpc) is 3.62. The summed E-state index contributed by atoms with van der Waals surface area (Å²) in [5.41, 5.74) is 7.70. The minimum absolute atomic E-state index is 0.0726. The fraction of sp³-hybridized carbons (Fsp3) is 0.0625. The molecule has 0 fully saturated rings. The normalized spacial score (nSPS) is 17.5. The van der Waals surface area contributed by atoms with Crippen LogP contribution in [0, 0.1) is 0 Å². The standard InChI is InChI=1S/C32H24S2/c1-3-8-24(9-4-1)26-13-15-28(16-14-26)30-21-22-32(34-30,31-12-7-23-33-31)29-19-17-27(18-20-29)25-10-5-2-6-11-25/h1-21,23H,22H2. The van der Waals surface area contributed by atoms with Crippen LogP contribution < -0.4 is 0 Å². The van der Waals surface area contributed by atoms with Gasteiger partial charge in [-0.1, -0.05) is 121 Å². The molecule has 0 bridgehead atoms. The summed E-state index contributed by atoms with van der Waals surface area (Å²) in [5, 5.41) is 2.20. The summed E-state index contributed by atoms with van der Waals surface area (Å²) in [5.74, 6) is 0. The van der Waals surface area contributed by atoms with E-state index in [-0.39, 0.29) is 4.75 Å². The lowest BCUT2D eigenvalue weighted by molar-refractivity contribution is 0.788. The van der Waals surface area contributed by atoms with Crippen molar-refractivity contribution >= 4 is 28.0 Å². The predicted molar refractivity (Wildman–Crippen MR) is 149 cm³/mol. The van der Waals surface area contributed by atoms with Crippen molar-refractivity contribution < 1.29 is 0 Å². The van der Waals surface area contributed by atoms with E-state index in [2.05, 4.69) is 133 Å². The van der Waals surface area contributed by atoms with Crippen molar-refractivity contribution in [3.05, 3.63) is 149 Å². The maximum atomic E-state index is 2.42. The first-order valence-electron chi connectivity index (χ1n) is 11.6. The van der Waals surface area contributed by atoms with E-state index >= 15 is 0 Å². The van der Waals surface area contributed by atoms with E-state index in [4.69, 9.17) is 0 Å². The minimum atomic E-state index is -0.0726. The second-order valence-electron chi connectivity index (χ2n) is 8.57. The van der Waals surface area contributed by atoms with Gasteiger partial charge in [-0.15, -0.1) is 23.1 Å². The summed E-state index contributed by atoms with van der Waals surface area (Å²) in [4.78, 5) is 2.78. The second-order valence-corrected chi connectivity index (χ2v) is 10.9. The Balaban J connectivity index is 1.31. The molecule has 0 saturated heterocycles. The van der Waals surface area contributed by atoms with Crippen LogP contribution in [0.3, 0.4) is 0 Å². The molecule has 1 aromatic heterocycles. The first-order valence-corrected chi connectivity index (χ1v) is 13.3. The zero-order chi connectivity index (χ0) is 22.8. The summed E-state index contributed by atoms with van der Waals surface area (Å²) in [7, 11) is 0. The van der Waals surface area contributed by atoms with Gasteiger partial charge in [0.25, 0.3) is 0 Å². The number of rotatable bonds is 5. The van der Waals surface area contributed by atoms with Crippen molar-refractivity contribution in [2.75, 3.05) is 0 Å². The Morgan fingerprint density at radius 3 is 1.59 bits per heavy atom. The molecule has 34 heavy (non-hydrogen) atoms. The number of thioether (sulfide) groups is 1. The summed E-state index contributed by atoms with van der Waals surface area (Å²) >= 11 is 3.85. The van der Waals surface area contributed by atoms with Crippen LogP contribution in [0.1, 0.15) is 22.4 Å². The molecule has 2 heterocycles. The molecule has 1 atom stereocenters. The van der Waals surface area contributed by atoms with E-state index in [0.29, 0.717) is 0 Å². The third-order valence-corrected chi connectivity index (χ3v) is 9.27. The molecule has 0 saturated carbocycles. The lowest BCUT2D eigenvalue weighted by Gasteiger charge is -2.29. The van der Waals surface area contributed by atoms with E-state index < -0.39 is 0 Å². The monoisotopic (exact) mass is 472 g/mol. The topological polar surface area (TPSA) is 0 Å². The van der Waals surface area contributed by atoms with Gasteiger partial charge in [-0.3, -0.25) is 0 Å². The summed E-state index contributed by atoms with van der Waals surface area (Å²) in [6, 6.07) is 43.9. The van der Waals surface area contributed by atoms with Gasteiger partial charge in [-0.25, -0.2) is 0 Å². The number of hydrogen-bond acceptors (Lipinski definition) is 2. The first-order chi connectivity index (χ1) is 16.8.